The minimum absolute atomic E-state index is 0.0844. The molecule has 1 aliphatic rings. The van der Waals surface area contributed by atoms with Crippen molar-refractivity contribution >= 4 is 0 Å². The third kappa shape index (κ3) is 2.15. The summed E-state index contributed by atoms with van der Waals surface area (Å²) >= 11 is 0. The van der Waals surface area contributed by atoms with Gasteiger partial charge in [0.1, 0.15) is 0 Å². The Kier molecular flexibility index (Phi) is 3.34. The average molecular weight is 218 g/mol. The first-order valence-corrected chi connectivity index (χ1v) is 6.36. The van der Waals surface area contributed by atoms with Gasteiger partial charge in [0.25, 0.3) is 0 Å². The van der Waals surface area contributed by atoms with Gasteiger partial charge >= 0.3 is 0 Å². The van der Waals surface area contributed by atoms with Gasteiger partial charge in [0.2, 0.25) is 0 Å². The molecule has 0 spiro atoms. The molecule has 0 bridgehead atoms. The van der Waals surface area contributed by atoms with Crippen LogP contribution in [0.5, 0.6) is 0 Å². The molecule has 1 nitrogen and oxygen atoms in total. The molecule has 0 aromatic heterocycles. The smallest absolute Gasteiger partial charge is 0.0576 e. The van der Waals surface area contributed by atoms with E-state index in [0.29, 0.717) is 5.92 Å². The minimum atomic E-state index is -0.121. The van der Waals surface area contributed by atoms with Crippen molar-refractivity contribution < 1.29 is 5.11 Å². The molecule has 1 heteroatoms. The molecule has 16 heavy (non-hydrogen) atoms. The van der Waals surface area contributed by atoms with E-state index in [2.05, 4.69) is 44.2 Å². The van der Waals surface area contributed by atoms with Crippen LogP contribution in [0.15, 0.2) is 30.3 Å². The van der Waals surface area contributed by atoms with Crippen molar-refractivity contribution in [2.75, 3.05) is 0 Å². The highest BCUT2D eigenvalue weighted by molar-refractivity contribution is 5.25. The maximum Gasteiger partial charge on any atom is 0.0576 e. The maximum absolute atomic E-state index is 10.2. The van der Waals surface area contributed by atoms with Crippen molar-refractivity contribution in [2.45, 2.75) is 51.0 Å². The summed E-state index contributed by atoms with van der Waals surface area (Å²) in [7, 11) is 0. The van der Waals surface area contributed by atoms with E-state index >= 15 is 0 Å². The third-order valence-corrected chi connectivity index (χ3v) is 4.17. The van der Waals surface area contributed by atoms with Gasteiger partial charge in [-0.25, -0.2) is 0 Å². The van der Waals surface area contributed by atoms with Gasteiger partial charge < -0.3 is 5.11 Å². The van der Waals surface area contributed by atoms with Crippen molar-refractivity contribution in [3.63, 3.8) is 0 Å². The lowest BCUT2D eigenvalue weighted by Crippen LogP contribution is -2.39. The first-order chi connectivity index (χ1) is 7.62. The van der Waals surface area contributed by atoms with E-state index in [1.165, 1.54) is 18.4 Å². The van der Waals surface area contributed by atoms with Crippen molar-refractivity contribution in [3.05, 3.63) is 35.9 Å². The van der Waals surface area contributed by atoms with Gasteiger partial charge in [-0.2, -0.15) is 0 Å². The van der Waals surface area contributed by atoms with Crippen molar-refractivity contribution in [2.24, 2.45) is 5.92 Å². The van der Waals surface area contributed by atoms with Crippen molar-refractivity contribution in [1.29, 1.82) is 0 Å². The molecule has 0 radical (unpaired) electrons. The molecular weight excluding hydrogens is 196 g/mol. The van der Waals surface area contributed by atoms with Crippen LogP contribution >= 0.6 is 0 Å². The summed E-state index contributed by atoms with van der Waals surface area (Å²) in [6.45, 7) is 4.53. The van der Waals surface area contributed by atoms with Gasteiger partial charge in [-0.1, -0.05) is 57.0 Å². The molecule has 88 valence electrons. The monoisotopic (exact) mass is 218 g/mol. The second-order valence-corrected chi connectivity index (χ2v) is 5.55. The SMILES string of the molecule is CC(C)(c1ccccc1)[C@H]1CCCC[C@H]1O. The van der Waals surface area contributed by atoms with Crippen LogP contribution in [-0.2, 0) is 5.41 Å². The van der Waals surface area contributed by atoms with Crippen LogP contribution in [0.25, 0.3) is 0 Å². The Labute approximate surface area is 98.5 Å². The van der Waals surface area contributed by atoms with E-state index in [1.807, 2.05) is 0 Å². The predicted molar refractivity (Wildman–Crippen MR) is 67.4 cm³/mol. The maximum atomic E-state index is 10.2. The number of benzene rings is 1. The van der Waals surface area contributed by atoms with Gasteiger partial charge in [-0.15, -0.1) is 0 Å². The zero-order chi connectivity index (χ0) is 11.6. The molecule has 1 fully saturated rings. The summed E-state index contributed by atoms with van der Waals surface area (Å²) in [6, 6.07) is 10.6. The zero-order valence-electron chi connectivity index (χ0n) is 10.3. The predicted octanol–water partition coefficient (Wildman–Crippen LogP) is 3.52. The Bertz CT molecular complexity index is 329. The van der Waals surface area contributed by atoms with Gasteiger partial charge in [0.15, 0.2) is 0 Å². The Hall–Kier alpha value is -0.820. The second-order valence-electron chi connectivity index (χ2n) is 5.55. The third-order valence-electron chi connectivity index (χ3n) is 4.17. The number of rotatable bonds is 2. The van der Waals surface area contributed by atoms with E-state index in [4.69, 9.17) is 0 Å². The second kappa shape index (κ2) is 4.58. The fourth-order valence-electron chi connectivity index (χ4n) is 3.03. The first kappa shape index (κ1) is 11.7. The highest BCUT2D eigenvalue weighted by Crippen LogP contribution is 2.40. The molecule has 2 rings (SSSR count). The number of aliphatic hydroxyl groups excluding tert-OH is 1. The lowest BCUT2D eigenvalue weighted by atomic mass is 9.66. The lowest BCUT2D eigenvalue weighted by Gasteiger charge is -2.40. The Balaban J connectivity index is 2.23. The van der Waals surface area contributed by atoms with E-state index in [1.54, 1.807) is 0 Å². The Morgan fingerprint density at radius 1 is 1.06 bits per heavy atom. The van der Waals surface area contributed by atoms with Gasteiger partial charge in [0, 0.05) is 0 Å². The number of hydrogen-bond acceptors (Lipinski definition) is 1. The molecule has 0 saturated heterocycles. The highest BCUT2D eigenvalue weighted by Gasteiger charge is 2.37. The van der Waals surface area contributed by atoms with Crippen LogP contribution in [0.4, 0.5) is 0 Å². The Morgan fingerprint density at radius 2 is 1.69 bits per heavy atom. The van der Waals surface area contributed by atoms with Crippen LogP contribution in [0.2, 0.25) is 0 Å². The zero-order valence-corrected chi connectivity index (χ0v) is 10.3. The summed E-state index contributed by atoms with van der Waals surface area (Å²) in [5.41, 5.74) is 1.43. The molecule has 1 aromatic carbocycles. The van der Waals surface area contributed by atoms with Crippen LogP contribution in [-0.4, -0.2) is 11.2 Å². The van der Waals surface area contributed by atoms with Gasteiger partial charge in [-0.05, 0) is 29.7 Å². The number of aliphatic hydroxyl groups is 1. The average Bonchev–Trinajstić information content (AvgIpc) is 2.30. The molecule has 1 N–H and O–H groups in total. The highest BCUT2D eigenvalue weighted by atomic mass is 16.3. The fraction of sp³-hybridized carbons (Fsp3) is 0.600. The lowest BCUT2D eigenvalue weighted by molar-refractivity contribution is 0.0322. The van der Waals surface area contributed by atoms with E-state index in [9.17, 15) is 5.11 Å². The van der Waals surface area contributed by atoms with Gasteiger partial charge in [-0.3, -0.25) is 0 Å². The quantitative estimate of drug-likeness (QED) is 0.805. The first-order valence-electron chi connectivity index (χ1n) is 6.36. The fourth-order valence-corrected chi connectivity index (χ4v) is 3.03. The molecule has 0 aliphatic heterocycles. The summed E-state index contributed by atoms with van der Waals surface area (Å²) in [5, 5.41) is 10.2. The van der Waals surface area contributed by atoms with Gasteiger partial charge in [0.05, 0.1) is 6.10 Å². The van der Waals surface area contributed by atoms with Crippen molar-refractivity contribution in [3.8, 4) is 0 Å². The molecule has 1 aliphatic carbocycles. The molecule has 2 atom stereocenters. The summed E-state index contributed by atoms with van der Waals surface area (Å²) in [4.78, 5) is 0. The van der Waals surface area contributed by atoms with Crippen LogP contribution in [0.1, 0.15) is 45.1 Å². The standard InChI is InChI=1S/C15H22O/c1-15(2,12-8-4-3-5-9-12)13-10-6-7-11-14(13)16/h3-5,8-9,13-14,16H,6-7,10-11H2,1-2H3/t13-,14+/m0/s1. The summed E-state index contributed by atoms with van der Waals surface area (Å²) in [5.74, 6) is 0.406. The number of hydrogen-bond donors (Lipinski definition) is 1. The topological polar surface area (TPSA) is 20.2 Å². The van der Waals surface area contributed by atoms with E-state index in [0.717, 1.165) is 12.8 Å². The summed E-state index contributed by atoms with van der Waals surface area (Å²) < 4.78 is 0. The largest absolute Gasteiger partial charge is 0.393 e. The van der Waals surface area contributed by atoms with Crippen LogP contribution in [0, 0.1) is 5.92 Å². The van der Waals surface area contributed by atoms with Crippen molar-refractivity contribution in [1.82, 2.24) is 0 Å². The molecule has 0 unspecified atom stereocenters. The molecule has 1 saturated carbocycles. The molecular formula is C15H22O. The minimum Gasteiger partial charge on any atom is -0.393 e. The molecule has 0 heterocycles. The Morgan fingerprint density at radius 3 is 2.31 bits per heavy atom. The molecule has 0 amide bonds. The van der Waals surface area contributed by atoms with Crippen LogP contribution < -0.4 is 0 Å². The summed E-state index contributed by atoms with van der Waals surface area (Å²) in [6.07, 6.45) is 4.45. The van der Waals surface area contributed by atoms with E-state index in [-0.39, 0.29) is 11.5 Å². The van der Waals surface area contributed by atoms with Crippen LogP contribution in [0.3, 0.4) is 0 Å². The van der Waals surface area contributed by atoms with E-state index < -0.39 is 0 Å². The normalized spacial score (nSPS) is 26.7. The molecule has 1 aromatic rings.